The zero-order valence-electron chi connectivity index (χ0n) is 16.7. The fraction of sp³-hybridized carbons (Fsp3) is 0.455. The minimum atomic E-state index is 0.0138. The van der Waals surface area contributed by atoms with Crippen LogP contribution in [0.1, 0.15) is 28.1 Å². The number of amides is 2. The van der Waals surface area contributed by atoms with E-state index in [2.05, 4.69) is 11.0 Å². The summed E-state index contributed by atoms with van der Waals surface area (Å²) in [6.45, 7) is 5.44. The zero-order chi connectivity index (χ0) is 21.1. The highest BCUT2D eigenvalue weighted by Crippen LogP contribution is 2.25. The summed E-state index contributed by atoms with van der Waals surface area (Å²) in [6.07, 6.45) is 1.46. The van der Waals surface area contributed by atoms with E-state index < -0.39 is 0 Å². The molecule has 8 heteroatoms. The molecule has 3 heterocycles. The SMILES string of the molecule is O=C(c1ccc(Cl)cc1)N1CCC(C(=O)N2CCN(Cc3ccc(Cl)s3)CC2)CC1. The van der Waals surface area contributed by atoms with E-state index in [9.17, 15) is 9.59 Å². The molecular formula is C22H25Cl2N3O2S. The molecule has 0 N–H and O–H groups in total. The molecule has 0 atom stereocenters. The van der Waals surface area contributed by atoms with Crippen molar-refractivity contribution in [3.63, 3.8) is 0 Å². The van der Waals surface area contributed by atoms with Crippen LogP contribution in [0.25, 0.3) is 0 Å². The molecule has 2 aliphatic heterocycles. The first-order chi connectivity index (χ1) is 14.5. The second-order valence-electron chi connectivity index (χ2n) is 7.88. The Bertz CT molecular complexity index is 886. The molecule has 0 bridgehead atoms. The van der Waals surface area contributed by atoms with Gasteiger partial charge in [-0.05, 0) is 49.2 Å². The predicted octanol–water partition coefficient (Wildman–Crippen LogP) is 4.25. The fourth-order valence-electron chi connectivity index (χ4n) is 4.15. The average molecular weight is 466 g/mol. The van der Waals surface area contributed by atoms with Gasteiger partial charge >= 0.3 is 0 Å². The molecule has 2 saturated heterocycles. The van der Waals surface area contributed by atoms with Crippen LogP contribution in [0.5, 0.6) is 0 Å². The minimum Gasteiger partial charge on any atom is -0.340 e. The maximum absolute atomic E-state index is 13.0. The lowest BCUT2D eigenvalue weighted by Crippen LogP contribution is -2.51. The Morgan fingerprint density at radius 3 is 2.13 bits per heavy atom. The highest BCUT2D eigenvalue weighted by Gasteiger charge is 2.32. The van der Waals surface area contributed by atoms with Gasteiger partial charge in [-0.2, -0.15) is 0 Å². The minimum absolute atomic E-state index is 0.0138. The second-order valence-corrected chi connectivity index (χ2v) is 10.1. The summed E-state index contributed by atoms with van der Waals surface area (Å²) in [6, 6.07) is 11.0. The number of nitrogens with zero attached hydrogens (tertiary/aromatic N) is 3. The third-order valence-corrected chi connectivity index (χ3v) is 7.38. The van der Waals surface area contributed by atoms with Crippen LogP contribution in [0.15, 0.2) is 36.4 Å². The molecule has 2 fully saturated rings. The summed E-state index contributed by atoms with van der Waals surface area (Å²) in [4.78, 5) is 33.1. The van der Waals surface area contributed by atoms with E-state index in [0.717, 1.165) is 49.9 Å². The number of piperidine rings is 1. The lowest BCUT2D eigenvalue weighted by atomic mass is 9.94. The maximum atomic E-state index is 13.0. The first-order valence-corrected chi connectivity index (χ1v) is 11.9. The van der Waals surface area contributed by atoms with Gasteiger partial charge in [-0.25, -0.2) is 0 Å². The van der Waals surface area contributed by atoms with Crippen LogP contribution >= 0.6 is 34.5 Å². The van der Waals surface area contributed by atoms with Crippen LogP contribution in [0.4, 0.5) is 0 Å². The van der Waals surface area contributed by atoms with Crippen molar-refractivity contribution in [2.75, 3.05) is 39.3 Å². The lowest BCUT2D eigenvalue weighted by molar-refractivity contribution is -0.138. The van der Waals surface area contributed by atoms with Gasteiger partial charge in [0.05, 0.1) is 4.34 Å². The van der Waals surface area contributed by atoms with E-state index in [1.165, 1.54) is 4.88 Å². The summed E-state index contributed by atoms with van der Waals surface area (Å²) < 4.78 is 0.819. The molecule has 0 spiro atoms. The Kier molecular flexibility index (Phi) is 6.98. The molecule has 0 aliphatic carbocycles. The van der Waals surface area contributed by atoms with E-state index in [1.807, 2.05) is 15.9 Å². The van der Waals surface area contributed by atoms with Gasteiger partial charge in [0.2, 0.25) is 5.91 Å². The van der Waals surface area contributed by atoms with E-state index in [4.69, 9.17) is 23.2 Å². The Morgan fingerprint density at radius 1 is 0.867 bits per heavy atom. The number of carbonyl (C=O) groups is 2. The van der Waals surface area contributed by atoms with Gasteiger partial charge in [-0.1, -0.05) is 23.2 Å². The van der Waals surface area contributed by atoms with Crippen molar-refractivity contribution >= 4 is 46.4 Å². The highest BCUT2D eigenvalue weighted by atomic mass is 35.5. The molecular weight excluding hydrogens is 441 g/mol. The van der Waals surface area contributed by atoms with Crippen molar-refractivity contribution in [3.05, 3.63) is 56.2 Å². The van der Waals surface area contributed by atoms with Gasteiger partial charge in [0, 0.05) is 67.2 Å². The molecule has 1 aromatic carbocycles. The maximum Gasteiger partial charge on any atom is 0.253 e. The molecule has 5 nitrogen and oxygen atoms in total. The van der Waals surface area contributed by atoms with E-state index in [1.54, 1.807) is 35.6 Å². The first kappa shape index (κ1) is 21.6. The Labute approximate surface area is 191 Å². The summed E-state index contributed by atoms with van der Waals surface area (Å²) in [5.74, 6) is 0.272. The largest absolute Gasteiger partial charge is 0.340 e. The molecule has 4 rings (SSSR count). The third kappa shape index (κ3) is 5.17. The number of thiophene rings is 1. The van der Waals surface area contributed by atoms with Gasteiger partial charge in [-0.15, -0.1) is 11.3 Å². The number of rotatable bonds is 4. The number of piperazine rings is 1. The Morgan fingerprint density at radius 2 is 1.53 bits per heavy atom. The molecule has 2 aliphatic rings. The van der Waals surface area contributed by atoms with Gasteiger partial charge in [-0.3, -0.25) is 14.5 Å². The molecule has 0 radical (unpaired) electrons. The van der Waals surface area contributed by atoms with E-state index >= 15 is 0 Å². The smallest absolute Gasteiger partial charge is 0.253 e. The zero-order valence-corrected chi connectivity index (χ0v) is 19.1. The van der Waals surface area contributed by atoms with Gasteiger partial charge < -0.3 is 9.80 Å². The van der Waals surface area contributed by atoms with Gasteiger partial charge in [0.1, 0.15) is 0 Å². The van der Waals surface area contributed by atoms with Gasteiger partial charge in [0.25, 0.3) is 5.91 Å². The number of carbonyl (C=O) groups excluding carboxylic acids is 2. The number of hydrogen-bond acceptors (Lipinski definition) is 4. The molecule has 30 heavy (non-hydrogen) atoms. The van der Waals surface area contributed by atoms with Crippen LogP contribution in [-0.4, -0.2) is 65.8 Å². The standard InChI is InChI=1S/C22H25Cl2N3O2S/c23-18-3-1-16(2-4-18)21(28)26-9-7-17(8-10-26)22(29)27-13-11-25(12-14-27)15-19-5-6-20(24)30-19/h1-6,17H,7-15H2. The molecule has 2 amide bonds. The van der Waals surface area contributed by atoms with Crippen LogP contribution in [0, 0.1) is 5.92 Å². The average Bonchev–Trinajstić information content (AvgIpc) is 3.18. The second kappa shape index (κ2) is 9.69. The first-order valence-electron chi connectivity index (χ1n) is 10.3. The summed E-state index contributed by atoms with van der Waals surface area (Å²) in [7, 11) is 0. The molecule has 0 saturated carbocycles. The number of likely N-dealkylation sites (tertiary alicyclic amines) is 1. The molecule has 160 valence electrons. The van der Waals surface area contributed by atoms with Crippen LogP contribution in [0.2, 0.25) is 9.36 Å². The summed E-state index contributed by atoms with van der Waals surface area (Å²) >= 11 is 13.5. The van der Waals surface area contributed by atoms with Crippen molar-refractivity contribution < 1.29 is 9.59 Å². The van der Waals surface area contributed by atoms with Crippen molar-refractivity contribution in [2.24, 2.45) is 5.92 Å². The van der Waals surface area contributed by atoms with Crippen LogP contribution < -0.4 is 0 Å². The Hall–Kier alpha value is -1.60. The fourth-order valence-corrected chi connectivity index (χ4v) is 5.40. The molecule has 2 aromatic rings. The summed E-state index contributed by atoms with van der Waals surface area (Å²) in [5, 5.41) is 0.620. The normalized spacial score (nSPS) is 18.6. The topological polar surface area (TPSA) is 43.9 Å². The molecule has 0 unspecified atom stereocenters. The van der Waals surface area contributed by atoms with Crippen molar-refractivity contribution in [1.29, 1.82) is 0 Å². The van der Waals surface area contributed by atoms with Crippen molar-refractivity contribution in [3.8, 4) is 0 Å². The van der Waals surface area contributed by atoms with Crippen LogP contribution in [0.3, 0.4) is 0 Å². The Balaban J connectivity index is 1.23. The molecule has 1 aromatic heterocycles. The summed E-state index contributed by atoms with van der Waals surface area (Å²) in [5.41, 5.74) is 0.646. The van der Waals surface area contributed by atoms with Crippen LogP contribution in [-0.2, 0) is 11.3 Å². The monoisotopic (exact) mass is 465 g/mol. The van der Waals surface area contributed by atoms with Gasteiger partial charge in [0.15, 0.2) is 0 Å². The lowest BCUT2D eigenvalue weighted by Gasteiger charge is -2.38. The van der Waals surface area contributed by atoms with Crippen molar-refractivity contribution in [1.82, 2.24) is 14.7 Å². The number of benzene rings is 1. The van der Waals surface area contributed by atoms with E-state index in [0.29, 0.717) is 23.7 Å². The predicted molar refractivity (Wildman–Crippen MR) is 121 cm³/mol. The third-order valence-electron chi connectivity index (χ3n) is 5.91. The number of halogens is 2. The quantitative estimate of drug-likeness (QED) is 0.677. The van der Waals surface area contributed by atoms with Crippen molar-refractivity contribution in [2.45, 2.75) is 19.4 Å². The number of hydrogen-bond donors (Lipinski definition) is 0. The highest BCUT2D eigenvalue weighted by molar-refractivity contribution is 7.16. The van der Waals surface area contributed by atoms with E-state index in [-0.39, 0.29) is 17.7 Å².